The van der Waals surface area contributed by atoms with Gasteiger partial charge in [-0.2, -0.15) is 0 Å². The van der Waals surface area contributed by atoms with E-state index in [2.05, 4.69) is 69.2 Å². The lowest BCUT2D eigenvalue weighted by Crippen LogP contribution is -2.53. The second-order valence-corrected chi connectivity index (χ2v) is 11.0. The monoisotopic (exact) mass is 302 g/mol. The van der Waals surface area contributed by atoms with E-state index >= 15 is 0 Å². The number of fused-ring (bicyclic) bond motifs is 9. The maximum absolute atomic E-state index is 2.69. The Hall–Kier alpha value is 0. The van der Waals surface area contributed by atoms with Crippen molar-refractivity contribution in [3.8, 4) is 0 Å². The van der Waals surface area contributed by atoms with Crippen molar-refractivity contribution in [1.29, 1.82) is 0 Å². The molecular formula is C22H38. The maximum atomic E-state index is 2.69. The standard InChI is InChI=1S/C22H38/c1-11-12(2)20(8)15(5)19(11,7)17-18(20)22(10)14(4)13(3)21(17,9)16(22)6/h11-18H,1-10H3. The van der Waals surface area contributed by atoms with E-state index in [0.29, 0.717) is 21.7 Å². The molecule has 0 heteroatoms. The molecule has 0 N–H and O–H groups in total. The van der Waals surface area contributed by atoms with Gasteiger partial charge < -0.3 is 0 Å². The molecule has 126 valence electrons. The molecule has 0 aromatic carbocycles. The van der Waals surface area contributed by atoms with E-state index in [1.165, 1.54) is 0 Å². The molecule has 0 aromatic heterocycles. The highest BCUT2D eigenvalue weighted by molar-refractivity contribution is 5.32. The third-order valence-corrected chi connectivity index (χ3v) is 12.2. The van der Waals surface area contributed by atoms with Gasteiger partial charge in [0, 0.05) is 0 Å². The predicted molar refractivity (Wildman–Crippen MR) is 94.4 cm³/mol. The van der Waals surface area contributed by atoms with E-state index in [0.717, 1.165) is 47.3 Å². The minimum Gasteiger partial charge on any atom is -0.0617 e. The van der Waals surface area contributed by atoms with Crippen LogP contribution in [0.2, 0.25) is 0 Å². The average Bonchev–Trinajstić information content (AvgIpc) is 2.89. The molecule has 4 saturated carbocycles. The first-order chi connectivity index (χ1) is 9.93. The Labute approximate surface area is 138 Å². The normalized spacial score (nSPS) is 75.5. The minimum atomic E-state index is 0.550. The Morgan fingerprint density at radius 1 is 0.409 bits per heavy atom. The summed E-state index contributed by atoms with van der Waals surface area (Å²) >= 11 is 0. The Bertz CT molecular complexity index is 444. The van der Waals surface area contributed by atoms with Gasteiger partial charge in [0.05, 0.1) is 0 Å². The van der Waals surface area contributed by atoms with Gasteiger partial charge in [0.2, 0.25) is 0 Å². The van der Waals surface area contributed by atoms with Crippen molar-refractivity contribution in [3.05, 3.63) is 0 Å². The highest BCUT2D eigenvalue weighted by Gasteiger charge is 2.85. The molecule has 4 bridgehead atoms. The van der Waals surface area contributed by atoms with Gasteiger partial charge >= 0.3 is 0 Å². The summed E-state index contributed by atoms with van der Waals surface area (Å²) in [6.07, 6.45) is 0. The third kappa shape index (κ3) is 1.02. The molecule has 0 saturated heterocycles. The summed E-state index contributed by atoms with van der Waals surface area (Å²) in [4.78, 5) is 0. The summed E-state index contributed by atoms with van der Waals surface area (Å²) in [5.41, 5.74) is 2.20. The molecule has 0 spiro atoms. The molecule has 4 aliphatic rings. The molecule has 4 fully saturated rings. The molecule has 4 aliphatic carbocycles. The molecule has 0 heterocycles. The highest BCUT2D eigenvalue weighted by Crippen LogP contribution is 2.90. The van der Waals surface area contributed by atoms with Crippen LogP contribution in [-0.2, 0) is 0 Å². The van der Waals surface area contributed by atoms with Gasteiger partial charge in [-0.1, -0.05) is 69.2 Å². The molecule has 8 unspecified atom stereocenters. The van der Waals surface area contributed by atoms with Gasteiger partial charge in [-0.25, -0.2) is 0 Å². The zero-order valence-corrected chi connectivity index (χ0v) is 16.6. The molecule has 0 amide bonds. The smallest absolute Gasteiger partial charge is 0.0230 e. The summed E-state index contributed by atoms with van der Waals surface area (Å²) in [7, 11) is 0. The van der Waals surface area contributed by atoms with E-state index in [-0.39, 0.29) is 0 Å². The van der Waals surface area contributed by atoms with Crippen LogP contribution in [0.15, 0.2) is 0 Å². The largest absolute Gasteiger partial charge is 0.0617 e. The molecule has 0 radical (unpaired) electrons. The molecule has 0 aliphatic heterocycles. The fourth-order valence-electron chi connectivity index (χ4n) is 10.1. The van der Waals surface area contributed by atoms with E-state index in [1.54, 1.807) is 0 Å². The van der Waals surface area contributed by atoms with Crippen LogP contribution in [-0.4, -0.2) is 0 Å². The average molecular weight is 303 g/mol. The van der Waals surface area contributed by atoms with Gasteiger partial charge in [0.1, 0.15) is 0 Å². The molecule has 0 aromatic rings. The van der Waals surface area contributed by atoms with Crippen molar-refractivity contribution in [2.45, 2.75) is 69.2 Å². The lowest BCUT2D eigenvalue weighted by Gasteiger charge is -2.58. The van der Waals surface area contributed by atoms with E-state index in [9.17, 15) is 0 Å². The summed E-state index contributed by atoms with van der Waals surface area (Å²) in [6.45, 7) is 26.3. The van der Waals surface area contributed by atoms with Gasteiger partial charge in [-0.15, -0.1) is 0 Å². The van der Waals surface area contributed by atoms with Crippen molar-refractivity contribution < 1.29 is 0 Å². The summed E-state index contributed by atoms with van der Waals surface area (Å²) in [6, 6.07) is 0. The maximum Gasteiger partial charge on any atom is -0.0230 e. The van der Waals surface area contributed by atoms with Crippen molar-refractivity contribution in [2.75, 3.05) is 0 Å². The van der Waals surface area contributed by atoms with Crippen LogP contribution in [0.1, 0.15) is 69.2 Å². The van der Waals surface area contributed by atoms with Crippen LogP contribution < -0.4 is 0 Å². The van der Waals surface area contributed by atoms with Crippen molar-refractivity contribution in [3.63, 3.8) is 0 Å². The van der Waals surface area contributed by atoms with Crippen molar-refractivity contribution in [2.24, 2.45) is 69.0 Å². The highest BCUT2D eigenvalue weighted by atomic mass is 14.9. The quantitative estimate of drug-likeness (QED) is 0.473. The number of hydrogen-bond donors (Lipinski definition) is 0. The van der Waals surface area contributed by atoms with Gasteiger partial charge in [-0.3, -0.25) is 0 Å². The van der Waals surface area contributed by atoms with E-state index < -0.39 is 0 Å². The van der Waals surface area contributed by atoms with E-state index in [1.807, 2.05) is 0 Å². The van der Waals surface area contributed by atoms with Crippen LogP contribution in [0.5, 0.6) is 0 Å². The Kier molecular flexibility index (Phi) is 2.57. The number of hydrogen-bond acceptors (Lipinski definition) is 0. The van der Waals surface area contributed by atoms with E-state index in [4.69, 9.17) is 0 Å². The molecular weight excluding hydrogens is 264 g/mol. The Morgan fingerprint density at radius 2 is 0.591 bits per heavy atom. The van der Waals surface area contributed by atoms with Gasteiger partial charge in [0.15, 0.2) is 0 Å². The van der Waals surface area contributed by atoms with Crippen molar-refractivity contribution >= 4 is 0 Å². The van der Waals surface area contributed by atoms with Crippen molar-refractivity contribution in [1.82, 2.24) is 0 Å². The van der Waals surface area contributed by atoms with Gasteiger partial charge in [0.25, 0.3) is 0 Å². The number of rotatable bonds is 0. The molecule has 4 rings (SSSR count). The Morgan fingerprint density at radius 3 is 0.773 bits per heavy atom. The molecule has 0 nitrogen and oxygen atoms in total. The predicted octanol–water partition coefficient (Wildman–Crippen LogP) is 6.12. The fraction of sp³-hybridized carbons (Fsp3) is 1.00. The zero-order chi connectivity index (χ0) is 16.6. The van der Waals surface area contributed by atoms with Crippen LogP contribution in [0, 0.1) is 69.0 Å². The lowest BCUT2D eigenvalue weighted by molar-refractivity contribution is -0.108. The molecule has 22 heavy (non-hydrogen) atoms. The Balaban J connectivity index is 2.01. The first kappa shape index (κ1) is 15.5. The summed E-state index contributed by atoms with van der Waals surface area (Å²) in [5, 5.41) is 0. The zero-order valence-electron chi connectivity index (χ0n) is 16.6. The van der Waals surface area contributed by atoms with Gasteiger partial charge in [-0.05, 0) is 69.0 Å². The third-order valence-electron chi connectivity index (χ3n) is 12.2. The lowest BCUT2D eigenvalue weighted by atomic mass is 9.46. The summed E-state index contributed by atoms with van der Waals surface area (Å²) < 4.78 is 0. The fourth-order valence-corrected chi connectivity index (χ4v) is 10.1. The summed E-state index contributed by atoms with van der Waals surface area (Å²) in [5.74, 6) is 7.15. The minimum absolute atomic E-state index is 0.550. The SMILES string of the molecule is CC1C(C)C2(C)C(C)C1(C)C1C2C2(C)C(C)C(C)C1(C)C2C. The van der Waals surface area contributed by atoms with Crippen LogP contribution in [0.4, 0.5) is 0 Å². The second kappa shape index (κ2) is 3.65. The van der Waals surface area contributed by atoms with Crippen LogP contribution in [0.3, 0.4) is 0 Å². The molecule has 8 atom stereocenters. The first-order valence-electron chi connectivity index (χ1n) is 9.93. The van der Waals surface area contributed by atoms with Crippen LogP contribution >= 0.6 is 0 Å². The van der Waals surface area contributed by atoms with Crippen LogP contribution in [0.25, 0.3) is 0 Å². The topological polar surface area (TPSA) is 0 Å². The first-order valence-corrected chi connectivity index (χ1v) is 9.93. The second-order valence-electron chi connectivity index (χ2n) is 11.0.